The zero-order chi connectivity index (χ0) is 25.3. The highest BCUT2D eigenvalue weighted by Gasteiger charge is 2.30. The second kappa shape index (κ2) is 11.6. The van der Waals surface area contributed by atoms with Crippen molar-refractivity contribution in [1.82, 2.24) is 25.9 Å². The van der Waals surface area contributed by atoms with Crippen LogP contribution >= 0.6 is 7.60 Å². The average molecular weight is 512 g/mol. The summed E-state index contributed by atoms with van der Waals surface area (Å²) in [5.74, 6) is 1.44. The molecule has 1 heterocycles. The molecule has 0 aliphatic carbocycles. The van der Waals surface area contributed by atoms with Crippen LogP contribution in [0.4, 0.5) is 0 Å². The van der Waals surface area contributed by atoms with Crippen molar-refractivity contribution in [2.24, 2.45) is 0 Å². The minimum atomic E-state index is -3.67. The number of nitrogens with zero attached hydrogens (tertiary/aromatic N) is 3. The van der Waals surface area contributed by atoms with E-state index in [4.69, 9.17) is 9.05 Å². The maximum atomic E-state index is 13.9. The zero-order valence-corrected chi connectivity index (χ0v) is 20.9. The van der Waals surface area contributed by atoms with Crippen LogP contribution in [0.15, 0.2) is 115 Å². The summed E-state index contributed by atoms with van der Waals surface area (Å²) in [5.41, 5.74) is 3.35. The van der Waals surface area contributed by atoms with Gasteiger partial charge >= 0.3 is 7.60 Å². The summed E-state index contributed by atoms with van der Waals surface area (Å²) in [4.78, 5) is 0. The molecule has 0 aliphatic rings. The van der Waals surface area contributed by atoms with E-state index in [1.807, 2.05) is 54.6 Å². The summed E-state index contributed by atoms with van der Waals surface area (Å²) < 4.78 is 25.7. The number of H-pyrrole nitrogens is 1. The summed E-state index contributed by atoms with van der Waals surface area (Å²) >= 11 is 0. The number of aromatic amines is 1. The standard InChI is InChI=1S/C28H26N5O3P/c34-37(35-25-12-6-2-7-13-25,36-26-14-8-3-9-15-26)21-29-27(28-30-32-33-31-28)20-22-16-18-24(19-17-22)23-10-4-1-5-11-23/h1-19,27,29H,20-21H2,(H,30,31,32,33). The Morgan fingerprint density at radius 3 is 1.81 bits per heavy atom. The molecule has 0 fully saturated rings. The van der Waals surface area contributed by atoms with Gasteiger partial charge in [-0.25, -0.2) is 9.66 Å². The molecule has 5 rings (SSSR count). The monoisotopic (exact) mass is 511 g/mol. The summed E-state index contributed by atoms with van der Waals surface area (Å²) in [5, 5.41) is 17.7. The third kappa shape index (κ3) is 6.70. The Hall–Kier alpha value is -4.26. The molecule has 0 amide bonds. The average Bonchev–Trinajstić information content (AvgIpc) is 3.48. The second-order valence-corrected chi connectivity index (χ2v) is 10.3. The van der Waals surface area contributed by atoms with Crippen molar-refractivity contribution >= 4 is 7.60 Å². The van der Waals surface area contributed by atoms with E-state index in [-0.39, 0.29) is 12.3 Å². The van der Waals surface area contributed by atoms with Crippen LogP contribution in [-0.4, -0.2) is 26.9 Å². The normalized spacial score (nSPS) is 12.1. The van der Waals surface area contributed by atoms with Crippen LogP contribution < -0.4 is 14.4 Å². The number of hydrogen-bond acceptors (Lipinski definition) is 7. The molecule has 5 aromatic rings. The minimum absolute atomic E-state index is 0.0652. The Morgan fingerprint density at radius 2 is 1.27 bits per heavy atom. The Balaban J connectivity index is 1.34. The molecule has 0 saturated carbocycles. The van der Waals surface area contributed by atoms with Gasteiger partial charge in [-0.2, -0.15) is 0 Å². The molecule has 0 saturated heterocycles. The van der Waals surface area contributed by atoms with Crippen LogP contribution in [0.5, 0.6) is 11.5 Å². The van der Waals surface area contributed by atoms with Crippen molar-refractivity contribution in [3.8, 4) is 22.6 Å². The summed E-state index contributed by atoms with van der Waals surface area (Å²) in [7, 11) is -3.67. The predicted molar refractivity (Wildman–Crippen MR) is 142 cm³/mol. The van der Waals surface area contributed by atoms with E-state index in [1.165, 1.54) is 0 Å². The first-order valence-electron chi connectivity index (χ1n) is 11.9. The van der Waals surface area contributed by atoms with Gasteiger partial charge in [0.2, 0.25) is 0 Å². The van der Waals surface area contributed by atoms with Gasteiger partial charge in [0.25, 0.3) is 0 Å². The highest BCUT2D eigenvalue weighted by atomic mass is 31.2. The van der Waals surface area contributed by atoms with Crippen LogP contribution in [0.1, 0.15) is 17.4 Å². The largest absolute Gasteiger partial charge is 0.444 e. The van der Waals surface area contributed by atoms with Crippen molar-refractivity contribution in [1.29, 1.82) is 0 Å². The molecule has 1 atom stereocenters. The van der Waals surface area contributed by atoms with E-state index in [1.54, 1.807) is 24.3 Å². The lowest BCUT2D eigenvalue weighted by atomic mass is 10.0. The molecule has 0 aliphatic heterocycles. The molecular formula is C28H26N5O3P. The molecule has 0 radical (unpaired) electrons. The molecule has 1 unspecified atom stereocenters. The van der Waals surface area contributed by atoms with E-state index in [0.717, 1.165) is 16.7 Å². The Kier molecular flexibility index (Phi) is 7.69. The van der Waals surface area contributed by atoms with Gasteiger partial charge in [0.15, 0.2) is 5.82 Å². The lowest BCUT2D eigenvalue weighted by Crippen LogP contribution is -2.27. The molecule has 0 spiro atoms. The molecule has 4 aromatic carbocycles. The van der Waals surface area contributed by atoms with Gasteiger partial charge in [0.1, 0.15) is 17.8 Å². The van der Waals surface area contributed by atoms with Crippen LogP contribution in [0.25, 0.3) is 11.1 Å². The number of nitrogens with one attached hydrogen (secondary N) is 2. The summed E-state index contributed by atoms with van der Waals surface area (Å²) in [6.07, 6.45) is 0.493. The van der Waals surface area contributed by atoms with Crippen LogP contribution in [-0.2, 0) is 11.0 Å². The van der Waals surface area contributed by atoms with E-state index < -0.39 is 7.60 Å². The Morgan fingerprint density at radius 1 is 0.730 bits per heavy atom. The van der Waals surface area contributed by atoms with Gasteiger partial charge in [-0.1, -0.05) is 91.0 Å². The number of aromatic nitrogens is 4. The lowest BCUT2D eigenvalue weighted by Gasteiger charge is -2.23. The van der Waals surface area contributed by atoms with Crippen LogP contribution in [0, 0.1) is 0 Å². The van der Waals surface area contributed by atoms with E-state index >= 15 is 0 Å². The first-order valence-corrected chi connectivity index (χ1v) is 13.6. The fourth-order valence-electron chi connectivity index (χ4n) is 3.87. The van der Waals surface area contributed by atoms with Crippen molar-refractivity contribution in [3.63, 3.8) is 0 Å². The molecule has 8 nitrogen and oxygen atoms in total. The second-order valence-electron chi connectivity index (χ2n) is 8.39. The van der Waals surface area contributed by atoms with Gasteiger partial charge < -0.3 is 9.05 Å². The topological polar surface area (TPSA) is 102 Å². The SMILES string of the molecule is O=P(CNC(Cc1ccc(-c2ccccc2)cc1)c1nnn[nH]1)(Oc1ccccc1)Oc1ccccc1. The quantitative estimate of drug-likeness (QED) is 0.208. The third-order valence-corrected chi connectivity index (χ3v) is 7.25. The molecular weight excluding hydrogens is 485 g/mol. The van der Waals surface area contributed by atoms with Crippen LogP contribution in [0.3, 0.4) is 0 Å². The number of rotatable bonds is 11. The van der Waals surface area contributed by atoms with Crippen molar-refractivity contribution in [3.05, 3.63) is 127 Å². The highest BCUT2D eigenvalue weighted by Crippen LogP contribution is 2.48. The fraction of sp³-hybridized carbons (Fsp3) is 0.107. The van der Waals surface area contributed by atoms with Crippen molar-refractivity contribution in [2.45, 2.75) is 12.5 Å². The Labute approximate surface area is 215 Å². The number of benzene rings is 4. The van der Waals surface area contributed by atoms with E-state index in [2.05, 4.69) is 62.3 Å². The van der Waals surface area contributed by atoms with Gasteiger partial charge in [-0.15, -0.1) is 5.10 Å². The lowest BCUT2D eigenvalue weighted by molar-refractivity contribution is 0.374. The smallest absolute Gasteiger partial charge is 0.415 e. The molecule has 9 heteroatoms. The highest BCUT2D eigenvalue weighted by molar-refractivity contribution is 7.54. The van der Waals surface area contributed by atoms with Crippen molar-refractivity contribution < 1.29 is 13.6 Å². The molecule has 186 valence electrons. The molecule has 2 N–H and O–H groups in total. The predicted octanol–water partition coefficient (Wildman–Crippen LogP) is 6.05. The molecule has 1 aromatic heterocycles. The minimum Gasteiger partial charge on any atom is -0.415 e. The fourth-order valence-corrected chi connectivity index (χ4v) is 5.36. The first kappa shape index (κ1) is 24.4. The number of para-hydroxylation sites is 2. The number of hydrogen-bond donors (Lipinski definition) is 2. The third-order valence-electron chi connectivity index (χ3n) is 5.70. The van der Waals surface area contributed by atoms with Crippen LogP contribution in [0.2, 0.25) is 0 Å². The molecule has 0 bridgehead atoms. The Bertz CT molecular complexity index is 1370. The van der Waals surface area contributed by atoms with E-state index in [0.29, 0.717) is 23.7 Å². The number of tetrazole rings is 1. The van der Waals surface area contributed by atoms with Crippen molar-refractivity contribution in [2.75, 3.05) is 6.29 Å². The van der Waals surface area contributed by atoms with Gasteiger partial charge in [-0.05, 0) is 57.8 Å². The zero-order valence-electron chi connectivity index (χ0n) is 20.0. The summed E-state index contributed by atoms with van der Waals surface area (Å²) in [6, 6.07) is 36.1. The maximum absolute atomic E-state index is 13.9. The van der Waals surface area contributed by atoms with Gasteiger partial charge in [0.05, 0.1) is 6.04 Å². The first-order chi connectivity index (χ1) is 18.2. The van der Waals surface area contributed by atoms with E-state index in [9.17, 15) is 4.57 Å². The molecule has 37 heavy (non-hydrogen) atoms. The van der Waals surface area contributed by atoms with Gasteiger partial charge in [-0.3, -0.25) is 5.32 Å². The van der Waals surface area contributed by atoms with Gasteiger partial charge in [0, 0.05) is 0 Å². The summed E-state index contributed by atoms with van der Waals surface area (Å²) in [6.45, 7) is 0. The maximum Gasteiger partial charge on any atom is 0.444 e.